The Morgan fingerprint density at radius 2 is 2.10 bits per heavy atom. The second-order valence-corrected chi connectivity index (χ2v) is 6.56. The van der Waals surface area contributed by atoms with Gasteiger partial charge >= 0.3 is 6.09 Å². The third kappa shape index (κ3) is 3.90. The number of benzene rings is 1. The summed E-state index contributed by atoms with van der Waals surface area (Å²) in [6, 6.07) is 6.95. The van der Waals surface area contributed by atoms with Gasteiger partial charge in [-0.2, -0.15) is 0 Å². The molecule has 20 heavy (non-hydrogen) atoms. The summed E-state index contributed by atoms with van der Waals surface area (Å²) in [7, 11) is 0. The van der Waals surface area contributed by atoms with Crippen LogP contribution in [0.4, 0.5) is 10.5 Å². The molecule has 1 aromatic rings. The molecule has 2 rings (SSSR count). The number of ether oxygens (including phenoxy) is 1. The summed E-state index contributed by atoms with van der Waals surface area (Å²) in [5, 5.41) is 5.42. The van der Waals surface area contributed by atoms with Gasteiger partial charge in [-0.15, -0.1) is 11.8 Å². The van der Waals surface area contributed by atoms with E-state index in [9.17, 15) is 9.59 Å². The molecule has 0 aromatic heterocycles. The van der Waals surface area contributed by atoms with Crippen molar-refractivity contribution in [2.75, 3.05) is 11.1 Å². The number of hydrogen-bond donors (Lipinski definition) is 2. The predicted molar refractivity (Wildman–Crippen MR) is 79.0 cm³/mol. The van der Waals surface area contributed by atoms with Gasteiger partial charge in [-0.25, -0.2) is 4.79 Å². The maximum Gasteiger partial charge on any atom is 0.408 e. The molecule has 0 fully saturated rings. The second kappa shape index (κ2) is 5.75. The quantitative estimate of drug-likeness (QED) is 0.835. The number of alkyl carbamates (subject to hydrolysis) is 1. The van der Waals surface area contributed by atoms with Crippen LogP contribution in [0.5, 0.6) is 0 Å². The average Bonchev–Trinajstić information content (AvgIpc) is 2.47. The van der Waals surface area contributed by atoms with Crippen molar-refractivity contribution in [1.82, 2.24) is 5.32 Å². The number of carbonyl (C=O) groups excluding carboxylic acids is 2. The van der Waals surface area contributed by atoms with E-state index < -0.39 is 17.7 Å². The lowest BCUT2D eigenvalue weighted by molar-refractivity contribution is -0.117. The van der Waals surface area contributed by atoms with E-state index in [0.29, 0.717) is 5.75 Å². The van der Waals surface area contributed by atoms with Gasteiger partial charge in [0.05, 0.1) is 5.69 Å². The molecule has 108 valence electrons. The van der Waals surface area contributed by atoms with Crippen LogP contribution in [0.2, 0.25) is 0 Å². The zero-order valence-electron chi connectivity index (χ0n) is 11.7. The predicted octanol–water partition coefficient (Wildman–Crippen LogP) is 2.62. The van der Waals surface area contributed by atoms with Crippen molar-refractivity contribution < 1.29 is 14.3 Å². The molecule has 1 aliphatic heterocycles. The molecular weight excluding hydrogens is 276 g/mol. The summed E-state index contributed by atoms with van der Waals surface area (Å²) in [5.41, 5.74) is 0.192. The molecule has 0 radical (unpaired) electrons. The first-order valence-electron chi connectivity index (χ1n) is 6.37. The van der Waals surface area contributed by atoms with Crippen LogP contribution in [0.3, 0.4) is 0 Å². The summed E-state index contributed by atoms with van der Waals surface area (Å²) >= 11 is 1.53. The molecular formula is C14H18N2O3S. The Kier molecular flexibility index (Phi) is 4.23. The number of amides is 2. The van der Waals surface area contributed by atoms with Gasteiger partial charge in [0, 0.05) is 10.6 Å². The van der Waals surface area contributed by atoms with E-state index in [-0.39, 0.29) is 5.91 Å². The summed E-state index contributed by atoms with van der Waals surface area (Å²) in [5.74, 6) is 0.246. The van der Waals surface area contributed by atoms with Gasteiger partial charge < -0.3 is 15.4 Å². The van der Waals surface area contributed by atoms with Crippen molar-refractivity contribution in [3.8, 4) is 0 Å². The third-order valence-corrected chi connectivity index (χ3v) is 3.72. The summed E-state index contributed by atoms with van der Waals surface area (Å²) in [6.07, 6.45) is -0.579. The maximum absolute atomic E-state index is 12.1. The lowest BCUT2D eigenvalue weighted by Crippen LogP contribution is -2.46. The maximum atomic E-state index is 12.1. The van der Waals surface area contributed by atoms with Gasteiger partial charge in [-0.05, 0) is 32.9 Å². The first-order valence-corrected chi connectivity index (χ1v) is 7.36. The minimum Gasteiger partial charge on any atom is -0.444 e. The molecule has 1 aliphatic rings. The first kappa shape index (κ1) is 14.7. The highest BCUT2D eigenvalue weighted by Gasteiger charge is 2.27. The van der Waals surface area contributed by atoms with Gasteiger partial charge in [0.25, 0.3) is 0 Å². The summed E-state index contributed by atoms with van der Waals surface area (Å²) in [6.45, 7) is 5.35. The molecule has 1 heterocycles. The zero-order chi connectivity index (χ0) is 14.8. The normalized spacial score (nSPS) is 18.6. The Labute approximate surface area is 122 Å². The van der Waals surface area contributed by atoms with Crippen LogP contribution in [0.15, 0.2) is 29.2 Å². The molecule has 0 bridgehead atoms. The fourth-order valence-electron chi connectivity index (χ4n) is 1.72. The minimum absolute atomic E-state index is 0.228. The minimum atomic E-state index is -0.609. The van der Waals surface area contributed by atoms with E-state index in [4.69, 9.17) is 4.74 Å². The third-order valence-electron chi connectivity index (χ3n) is 2.56. The van der Waals surface area contributed by atoms with Crippen molar-refractivity contribution in [1.29, 1.82) is 0 Å². The van der Waals surface area contributed by atoms with Gasteiger partial charge in [0.2, 0.25) is 5.91 Å². The van der Waals surface area contributed by atoms with Gasteiger partial charge in [0.15, 0.2) is 0 Å². The Hall–Kier alpha value is -1.69. The molecule has 5 nitrogen and oxygen atoms in total. The molecule has 0 saturated carbocycles. The van der Waals surface area contributed by atoms with Crippen LogP contribution in [-0.2, 0) is 9.53 Å². The van der Waals surface area contributed by atoms with Crippen LogP contribution in [0.25, 0.3) is 0 Å². The smallest absolute Gasteiger partial charge is 0.408 e. The SMILES string of the molecule is CC(C)(C)OC(=O)N[C@@H]1CSc2ccccc2NC1=O. The highest BCUT2D eigenvalue weighted by Crippen LogP contribution is 2.30. The van der Waals surface area contributed by atoms with E-state index in [2.05, 4.69) is 10.6 Å². The summed E-state index contributed by atoms with van der Waals surface area (Å²) in [4.78, 5) is 24.8. The molecule has 2 amide bonds. The van der Waals surface area contributed by atoms with E-state index in [1.165, 1.54) is 11.8 Å². The highest BCUT2D eigenvalue weighted by molar-refractivity contribution is 7.99. The van der Waals surface area contributed by atoms with Crippen LogP contribution < -0.4 is 10.6 Å². The van der Waals surface area contributed by atoms with Gasteiger partial charge in [0.1, 0.15) is 11.6 Å². The molecule has 0 saturated heterocycles. The van der Waals surface area contributed by atoms with Crippen LogP contribution >= 0.6 is 11.8 Å². The highest BCUT2D eigenvalue weighted by atomic mass is 32.2. The van der Waals surface area contributed by atoms with Crippen LogP contribution in [0, 0.1) is 0 Å². The van der Waals surface area contributed by atoms with Crippen molar-refractivity contribution in [3.63, 3.8) is 0 Å². The van der Waals surface area contributed by atoms with Crippen LogP contribution in [-0.4, -0.2) is 29.4 Å². The standard InChI is InChI=1S/C14H18N2O3S/c1-14(2,3)19-13(18)16-10-8-20-11-7-5-4-6-9(11)15-12(10)17/h4-7,10H,8H2,1-3H3,(H,15,17)(H,16,18)/t10-/m1/s1. The number of anilines is 1. The van der Waals surface area contributed by atoms with Crippen molar-refractivity contribution in [3.05, 3.63) is 24.3 Å². The number of thioether (sulfide) groups is 1. The number of carbonyl (C=O) groups is 2. The van der Waals surface area contributed by atoms with E-state index >= 15 is 0 Å². The lowest BCUT2D eigenvalue weighted by Gasteiger charge is -2.22. The topological polar surface area (TPSA) is 67.4 Å². The Morgan fingerprint density at radius 3 is 2.80 bits per heavy atom. The molecule has 1 atom stereocenters. The number of rotatable bonds is 1. The van der Waals surface area contributed by atoms with Crippen molar-refractivity contribution >= 4 is 29.4 Å². The Bertz CT molecular complexity index is 525. The second-order valence-electron chi connectivity index (χ2n) is 5.50. The van der Waals surface area contributed by atoms with E-state index in [0.717, 1.165) is 10.6 Å². The zero-order valence-corrected chi connectivity index (χ0v) is 12.5. The average molecular weight is 294 g/mol. The summed E-state index contributed by atoms with van der Waals surface area (Å²) < 4.78 is 5.17. The molecule has 0 aliphatic carbocycles. The molecule has 2 N–H and O–H groups in total. The fraction of sp³-hybridized carbons (Fsp3) is 0.429. The molecule has 0 unspecified atom stereocenters. The lowest BCUT2D eigenvalue weighted by atomic mass is 10.2. The number of para-hydroxylation sites is 1. The number of hydrogen-bond acceptors (Lipinski definition) is 4. The van der Waals surface area contributed by atoms with Crippen molar-refractivity contribution in [2.45, 2.75) is 37.3 Å². The largest absolute Gasteiger partial charge is 0.444 e. The Morgan fingerprint density at radius 1 is 1.40 bits per heavy atom. The van der Waals surface area contributed by atoms with E-state index in [1.807, 2.05) is 24.3 Å². The van der Waals surface area contributed by atoms with Crippen LogP contribution in [0.1, 0.15) is 20.8 Å². The van der Waals surface area contributed by atoms with Crippen molar-refractivity contribution in [2.24, 2.45) is 0 Å². The molecule has 6 heteroatoms. The first-order chi connectivity index (χ1) is 9.35. The number of fused-ring (bicyclic) bond motifs is 1. The monoisotopic (exact) mass is 294 g/mol. The van der Waals surface area contributed by atoms with Gasteiger partial charge in [-0.1, -0.05) is 12.1 Å². The molecule has 1 aromatic carbocycles. The molecule has 0 spiro atoms. The fourth-order valence-corrected chi connectivity index (χ4v) is 2.75. The van der Waals surface area contributed by atoms with Gasteiger partial charge in [-0.3, -0.25) is 4.79 Å². The number of nitrogens with one attached hydrogen (secondary N) is 2. The Balaban J connectivity index is 2.02. The van der Waals surface area contributed by atoms with E-state index in [1.54, 1.807) is 20.8 Å².